The largest absolute Gasteiger partial charge is 0.0776 e. The van der Waals surface area contributed by atoms with E-state index in [1.54, 1.807) is 11.1 Å². The summed E-state index contributed by atoms with van der Waals surface area (Å²) in [5.74, 6) is 1.62. The maximum absolute atomic E-state index is 2.38. The van der Waals surface area contributed by atoms with Gasteiger partial charge < -0.3 is 0 Å². The number of benzene rings is 1. The fourth-order valence-corrected chi connectivity index (χ4v) is 3.15. The topological polar surface area (TPSA) is 0 Å². The van der Waals surface area contributed by atoms with E-state index in [4.69, 9.17) is 0 Å². The highest BCUT2D eigenvalue weighted by atomic mass is 14.3. The molecule has 20 heavy (non-hydrogen) atoms. The third-order valence-electron chi connectivity index (χ3n) is 4.20. The molecule has 0 heterocycles. The van der Waals surface area contributed by atoms with Gasteiger partial charge in [-0.2, -0.15) is 0 Å². The first-order valence-corrected chi connectivity index (χ1v) is 8.24. The summed E-state index contributed by atoms with van der Waals surface area (Å²) in [6, 6.07) is 7.00. The highest BCUT2D eigenvalue weighted by Gasteiger charge is 2.26. The predicted octanol–water partition coefficient (Wildman–Crippen LogP) is 7.22. The molecule has 1 aromatic rings. The number of unbranched alkanes of at least 4 members (excludes halogenated alkanes) is 2. The molecule has 1 aliphatic carbocycles. The Bertz CT molecular complexity index is 362. The summed E-state index contributed by atoms with van der Waals surface area (Å²) in [6.07, 6.45) is 8.12. The second kappa shape index (κ2) is 10.0. The van der Waals surface area contributed by atoms with E-state index in [9.17, 15) is 0 Å². The number of hydrogen-bond acceptors (Lipinski definition) is 0. The van der Waals surface area contributed by atoms with Crippen LogP contribution in [-0.2, 0) is 0 Å². The Morgan fingerprint density at radius 2 is 1.65 bits per heavy atom. The lowest BCUT2D eigenvalue weighted by atomic mass is 9.96. The number of hydrogen-bond donors (Lipinski definition) is 0. The summed E-state index contributed by atoms with van der Waals surface area (Å²) in [6.45, 7) is 11.3. The fraction of sp³-hybridized carbons (Fsp3) is 0.700. The van der Waals surface area contributed by atoms with Crippen LogP contribution in [-0.4, -0.2) is 0 Å². The van der Waals surface area contributed by atoms with Crippen LogP contribution in [0.3, 0.4) is 0 Å². The van der Waals surface area contributed by atoms with Gasteiger partial charge in [-0.1, -0.05) is 84.6 Å². The van der Waals surface area contributed by atoms with Crippen LogP contribution < -0.4 is 0 Å². The first-order valence-electron chi connectivity index (χ1n) is 8.24. The second-order valence-corrected chi connectivity index (χ2v) is 6.11. The van der Waals surface area contributed by atoms with Gasteiger partial charge in [0, 0.05) is 0 Å². The van der Waals surface area contributed by atoms with Crippen LogP contribution in [0.25, 0.3) is 0 Å². The highest BCUT2D eigenvalue weighted by Crippen LogP contribution is 2.43. The van der Waals surface area contributed by atoms with Crippen LogP contribution in [0.4, 0.5) is 0 Å². The van der Waals surface area contributed by atoms with Crippen molar-refractivity contribution < 1.29 is 0 Å². The van der Waals surface area contributed by atoms with Crippen molar-refractivity contribution in [2.75, 3.05) is 0 Å². The quantitative estimate of drug-likeness (QED) is 0.544. The molecule has 1 aliphatic rings. The van der Waals surface area contributed by atoms with E-state index < -0.39 is 0 Å². The summed E-state index contributed by atoms with van der Waals surface area (Å²) < 4.78 is 0. The van der Waals surface area contributed by atoms with Crippen molar-refractivity contribution in [3.05, 3.63) is 34.9 Å². The van der Waals surface area contributed by atoms with Gasteiger partial charge in [0.05, 0.1) is 0 Å². The lowest BCUT2D eigenvalue weighted by Crippen LogP contribution is -1.92. The van der Waals surface area contributed by atoms with Crippen molar-refractivity contribution in [3.8, 4) is 0 Å². The Balaban J connectivity index is 0.000000526. The molecule has 1 aromatic carbocycles. The summed E-state index contributed by atoms with van der Waals surface area (Å²) >= 11 is 0. The molecule has 0 spiro atoms. The van der Waals surface area contributed by atoms with E-state index in [-0.39, 0.29) is 7.43 Å². The van der Waals surface area contributed by atoms with Crippen LogP contribution in [0, 0.1) is 6.92 Å². The zero-order chi connectivity index (χ0) is 14.3. The Kier molecular flexibility index (Phi) is 9.63. The van der Waals surface area contributed by atoms with E-state index in [0.29, 0.717) is 0 Å². The molecule has 0 saturated heterocycles. The van der Waals surface area contributed by atoms with Gasteiger partial charge in [-0.3, -0.25) is 0 Å². The monoisotopic (exact) mass is 276 g/mol. The molecule has 2 unspecified atom stereocenters. The van der Waals surface area contributed by atoms with Crippen LogP contribution in [0.15, 0.2) is 18.2 Å². The molecule has 0 radical (unpaired) electrons. The van der Waals surface area contributed by atoms with Crippen molar-refractivity contribution in [2.45, 2.75) is 92.4 Å². The Labute approximate surface area is 128 Å². The van der Waals surface area contributed by atoms with Crippen molar-refractivity contribution in [1.82, 2.24) is 0 Å². The van der Waals surface area contributed by atoms with E-state index >= 15 is 0 Å². The van der Waals surface area contributed by atoms with Gasteiger partial charge in [0.2, 0.25) is 0 Å². The van der Waals surface area contributed by atoms with E-state index in [2.05, 4.69) is 52.8 Å². The Morgan fingerprint density at radius 3 is 2.15 bits per heavy atom. The maximum Gasteiger partial charge on any atom is -0.0154 e. The summed E-state index contributed by atoms with van der Waals surface area (Å²) in [5.41, 5.74) is 4.65. The van der Waals surface area contributed by atoms with Crippen LogP contribution in [0.1, 0.15) is 102 Å². The minimum Gasteiger partial charge on any atom is -0.0776 e. The van der Waals surface area contributed by atoms with Crippen molar-refractivity contribution in [3.63, 3.8) is 0 Å². The smallest absolute Gasteiger partial charge is 0.0154 e. The van der Waals surface area contributed by atoms with Gasteiger partial charge in [-0.05, 0) is 42.7 Å². The SMILES string of the molecule is C.CCCC1CC(C)c2cc(C)ccc21.CCCCC. The van der Waals surface area contributed by atoms with Crippen LogP contribution in [0.2, 0.25) is 0 Å². The van der Waals surface area contributed by atoms with E-state index in [1.807, 2.05) is 0 Å². The van der Waals surface area contributed by atoms with Crippen molar-refractivity contribution in [1.29, 1.82) is 0 Å². The average molecular weight is 277 g/mol. The number of rotatable bonds is 4. The molecule has 0 aliphatic heterocycles. The average Bonchev–Trinajstić information content (AvgIpc) is 2.68. The molecule has 0 fully saturated rings. The first-order chi connectivity index (χ1) is 9.13. The molecule has 2 rings (SSSR count). The van der Waals surface area contributed by atoms with Gasteiger partial charge in [-0.25, -0.2) is 0 Å². The molecule has 116 valence electrons. The zero-order valence-corrected chi connectivity index (χ0v) is 13.6. The van der Waals surface area contributed by atoms with Gasteiger partial charge in [0.1, 0.15) is 0 Å². The van der Waals surface area contributed by atoms with Gasteiger partial charge in [-0.15, -0.1) is 0 Å². The summed E-state index contributed by atoms with van der Waals surface area (Å²) in [4.78, 5) is 0. The second-order valence-electron chi connectivity index (χ2n) is 6.11. The number of aryl methyl sites for hydroxylation is 1. The summed E-state index contributed by atoms with van der Waals surface area (Å²) in [5, 5.41) is 0. The Hall–Kier alpha value is -0.780. The molecule has 0 nitrogen and oxygen atoms in total. The molecule has 0 N–H and O–H groups in total. The molecular formula is C20H36. The third-order valence-corrected chi connectivity index (χ3v) is 4.20. The van der Waals surface area contributed by atoms with Crippen molar-refractivity contribution in [2.24, 2.45) is 0 Å². The predicted molar refractivity (Wildman–Crippen MR) is 93.8 cm³/mol. The molecule has 0 heteroatoms. The third kappa shape index (κ3) is 5.31. The highest BCUT2D eigenvalue weighted by molar-refractivity contribution is 5.40. The summed E-state index contributed by atoms with van der Waals surface area (Å²) in [7, 11) is 0. The Morgan fingerprint density at radius 1 is 1.00 bits per heavy atom. The zero-order valence-electron chi connectivity index (χ0n) is 13.6. The molecule has 0 amide bonds. The maximum atomic E-state index is 2.38. The minimum absolute atomic E-state index is 0. The molecule has 2 atom stereocenters. The first kappa shape index (κ1) is 19.2. The van der Waals surface area contributed by atoms with Crippen LogP contribution in [0.5, 0.6) is 0 Å². The van der Waals surface area contributed by atoms with Crippen molar-refractivity contribution >= 4 is 0 Å². The van der Waals surface area contributed by atoms with Gasteiger partial charge >= 0.3 is 0 Å². The molecular weight excluding hydrogens is 240 g/mol. The standard InChI is InChI=1S/C14H20.C5H12.CH4/c1-4-5-12-9-11(3)14-8-10(2)6-7-13(12)14;1-3-5-4-2;/h6-8,11-12H,4-5,9H2,1-3H3;3-5H2,1-2H3;1H4. The van der Waals surface area contributed by atoms with Gasteiger partial charge in [0.25, 0.3) is 0 Å². The minimum atomic E-state index is 0. The van der Waals surface area contributed by atoms with E-state index in [1.165, 1.54) is 44.1 Å². The number of fused-ring (bicyclic) bond motifs is 1. The fourth-order valence-electron chi connectivity index (χ4n) is 3.15. The lowest BCUT2D eigenvalue weighted by Gasteiger charge is -2.09. The normalized spacial score (nSPS) is 19.6. The lowest BCUT2D eigenvalue weighted by molar-refractivity contribution is 0.570. The molecule has 0 saturated carbocycles. The van der Waals surface area contributed by atoms with Crippen LogP contribution >= 0.6 is 0 Å². The van der Waals surface area contributed by atoms with Gasteiger partial charge in [0.15, 0.2) is 0 Å². The molecule has 0 aromatic heterocycles. The molecule has 0 bridgehead atoms. The van der Waals surface area contributed by atoms with E-state index in [0.717, 1.165) is 11.8 Å².